The minimum atomic E-state index is -0.547. The standard InChI is InChI=1S/C21H23N3O3S/c1-12(25)24-9-8-16-17(11-24)28-21(18(16)19(22)26)23-20(27)15-7-6-13-4-2-3-5-14(13)10-15/h6-7,10H,2-5,8-9,11H2,1H3,(H2,22,26)(H,23,27). The maximum atomic E-state index is 12.8. The second-order valence-corrected chi connectivity index (χ2v) is 8.51. The zero-order valence-corrected chi connectivity index (χ0v) is 16.7. The number of carbonyl (C=O) groups excluding carboxylic acids is 3. The van der Waals surface area contributed by atoms with Gasteiger partial charge in [0, 0.05) is 23.9 Å². The summed E-state index contributed by atoms with van der Waals surface area (Å²) in [4.78, 5) is 39.2. The minimum Gasteiger partial charge on any atom is -0.365 e. The van der Waals surface area contributed by atoms with Crippen LogP contribution in [0, 0.1) is 0 Å². The third-order valence-electron chi connectivity index (χ3n) is 5.59. The van der Waals surface area contributed by atoms with E-state index in [0.29, 0.717) is 35.6 Å². The van der Waals surface area contributed by atoms with Gasteiger partial charge in [0.2, 0.25) is 5.91 Å². The van der Waals surface area contributed by atoms with Crippen LogP contribution < -0.4 is 11.1 Å². The SMILES string of the molecule is CC(=O)N1CCc2c(sc(NC(=O)c3ccc4c(c3)CCCC4)c2C(N)=O)C1. The summed E-state index contributed by atoms with van der Waals surface area (Å²) in [6.07, 6.45) is 4.97. The lowest BCUT2D eigenvalue weighted by Gasteiger charge is -2.25. The monoisotopic (exact) mass is 397 g/mol. The Morgan fingerprint density at radius 2 is 1.86 bits per heavy atom. The Balaban J connectivity index is 1.62. The number of anilines is 1. The van der Waals surface area contributed by atoms with E-state index in [0.717, 1.165) is 29.7 Å². The molecule has 1 aliphatic carbocycles. The van der Waals surface area contributed by atoms with Gasteiger partial charge in [-0.3, -0.25) is 14.4 Å². The Morgan fingerprint density at radius 3 is 2.57 bits per heavy atom. The van der Waals surface area contributed by atoms with E-state index in [9.17, 15) is 14.4 Å². The van der Waals surface area contributed by atoms with Crippen molar-refractivity contribution in [3.63, 3.8) is 0 Å². The lowest BCUT2D eigenvalue weighted by Crippen LogP contribution is -2.34. The van der Waals surface area contributed by atoms with E-state index < -0.39 is 5.91 Å². The van der Waals surface area contributed by atoms with Gasteiger partial charge in [0.05, 0.1) is 12.1 Å². The van der Waals surface area contributed by atoms with Gasteiger partial charge in [0.25, 0.3) is 11.8 Å². The molecule has 0 bridgehead atoms. The van der Waals surface area contributed by atoms with Gasteiger partial charge in [0.15, 0.2) is 0 Å². The predicted octanol–water partition coefficient (Wildman–Crippen LogP) is 2.88. The molecule has 4 rings (SSSR count). The number of nitrogens with two attached hydrogens (primary N) is 1. The quantitative estimate of drug-likeness (QED) is 0.834. The molecule has 7 heteroatoms. The molecule has 0 saturated carbocycles. The molecule has 0 fully saturated rings. The highest BCUT2D eigenvalue weighted by Crippen LogP contribution is 2.37. The summed E-state index contributed by atoms with van der Waals surface area (Å²) >= 11 is 1.34. The van der Waals surface area contributed by atoms with E-state index in [1.165, 1.54) is 35.8 Å². The summed E-state index contributed by atoms with van der Waals surface area (Å²) < 4.78 is 0. The molecule has 1 aliphatic heterocycles. The fourth-order valence-corrected chi connectivity index (χ4v) is 5.33. The van der Waals surface area contributed by atoms with Crippen LogP contribution in [0.2, 0.25) is 0 Å². The summed E-state index contributed by atoms with van der Waals surface area (Å²) in [6.45, 7) is 2.54. The molecule has 6 nitrogen and oxygen atoms in total. The van der Waals surface area contributed by atoms with Crippen molar-refractivity contribution in [2.24, 2.45) is 5.73 Å². The number of nitrogens with zero attached hydrogens (tertiary/aromatic N) is 1. The molecule has 0 radical (unpaired) electrons. The highest BCUT2D eigenvalue weighted by atomic mass is 32.1. The zero-order valence-electron chi connectivity index (χ0n) is 15.8. The Hall–Kier alpha value is -2.67. The van der Waals surface area contributed by atoms with Gasteiger partial charge < -0.3 is 16.0 Å². The zero-order chi connectivity index (χ0) is 19.8. The Bertz CT molecular complexity index is 980. The number of amides is 3. The van der Waals surface area contributed by atoms with Crippen molar-refractivity contribution in [1.29, 1.82) is 0 Å². The smallest absolute Gasteiger partial charge is 0.256 e. The lowest BCUT2D eigenvalue weighted by molar-refractivity contribution is -0.129. The van der Waals surface area contributed by atoms with E-state index in [4.69, 9.17) is 5.73 Å². The van der Waals surface area contributed by atoms with Crippen molar-refractivity contribution in [3.05, 3.63) is 50.9 Å². The molecule has 146 valence electrons. The molecule has 3 N–H and O–H groups in total. The van der Waals surface area contributed by atoms with E-state index in [1.807, 2.05) is 18.2 Å². The number of fused-ring (bicyclic) bond motifs is 2. The van der Waals surface area contributed by atoms with Gasteiger partial charge in [-0.15, -0.1) is 11.3 Å². The average molecular weight is 398 g/mol. The highest BCUT2D eigenvalue weighted by Gasteiger charge is 2.28. The largest absolute Gasteiger partial charge is 0.365 e. The molecular weight excluding hydrogens is 374 g/mol. The average Bonchev–Trinajstić information content (AvgIpc) is 3.04. The van der Waals surface area contributed by atoms with Crippen LogP contribution in [0.15, 0.2) is 18.2 Å². The van der Waals surface area contributed by atoms with E-state index in [-0.39, 0.29) is 11.8 Å². The Labute approximate surface area is 167 Å². The predicted molar refractivity (Wildman–Crippen MR) is 109 cm³/mol. The molecule has 2 aliphatic rings. The number of hydrogen-bond acceptors (Lipinski definition) is 4. The summed E-state index contributed by atoms with van der Waals surface area (Å²) in [5, 5.41) is 3.37. The third kappa shape index (κ3) is 3.42. The van der Waals surface area contributed by atoms with E-state index >= 15 is 0 Å². The summed E-state index contributed by atoms with van der Waals surface area (Å²) in [5.74, 6) is -0.785. The van der Waals surface area contributed by atoms with Crippen LogP contribution in [0.3, 0.4) is 0 Å². The fourth-order valence-electron chi connectivity index (χ4n) is 4.07. The lowest BCUT2D eigenvalue weighted by atomic mass is 9.90. The van der Waals surface area contributed by atoms with Gasteiger partial charge in [-0.1, -0.05) is 6.07 Å². The van der Waals surface area contributed by atoms with Gasteiger partial charge in [-0.2, -0.15) is 0 Å². The van der Waals surface area contributed by atoms with Crippen LogP contribution >= 0.6 is 11.3 Å². The first-order valence-corrected chi connectivity index (χ1v) is 10.4. The molecule has 0 unspecified atom stereocenters. The number of hydrogen-bond donors (Lipinski definition) is 2. The molecule has 2 aromatic rings. The maximum absolute atomic E-state index is 12.8. The number of benzene rings is 1. The van der Waals surface area contributed by atoms with Crippen molar-refractivity contribution in [2.75, 3.05) is 11.9 Å². The molecule has 1 aromatic carbocycles. The van der Waals surface area contributed by atoms with Crippen molar-refractivity contribution >= 4 is 34.1 Å². The molecule has 0 atom stereocenters. The van der Waals surface area contributed by atoms with Gasteiger partial charge in [0.1, 0.15) is 5.00 Å². The van der Waals surface area contributed by atoms with Crippen molar-refractivity contribution in [3.8, 4) is 0 Å². The van der Waals surface area contributed by atoms with Crippen LogP contribution in [0.1, 0.15) is 62.0 Å². The molecule has 28 heavy (non-hydrogen) atoms. The number of thiophene rings is 1. The van der Waals surface area contributed by atoms with Crippen molar-refractivity contribution in [1.82, 2.24) is 4.90 Å². The molecule has 0 spiro atoms. The third-order valence-corrected chi connectivity index (χ3v) is 6.72. The van der Waals surface area contributed by atoms with Crippen LogP contribution in [0.5, 0.6) is 0 Å². The van der Waals surface area contributed by atoms with Crippen LogP contribution in [-0.2, 0) is 30.6 Å². The first kappa shape index (κ1) is 18.7. The fraction of sp³-hybridized carbons (Fsp3) is 0.381. The molecule has 3 amide bonds. The molecule has 0 saturated heterocycles. The van der Waals surface area contributed by atoms with Crippen molar-refractivity contribution in [2.45, 2.75) is 45.6 Å². The number of aryl methyl sites for hydroxylation is 2. The summed E-state index contributed by atoms with van der Waals surface area (Å²) in [5.41, 5.74) is 10.00. The molecule has 1 aromatic heterocycles. The summed E-state index contributed by atoms with van der Waals surface area (Å²) in [6, 6.07) is 5.83. The van der Waals surface area contributed by atoms with Crippen LogP contribution in [-0.4, -0.2) is 29.2 Å². The molecule has 2 heterocycles. The van der Waals surface area contributed by atoms with Gasteiger partial charge in [-0.05, 0) is 60.9 Å². The number of primary amides is 1. The maximum Gasteiger partial charge on any atom is 0.256 e. The second-order valence-electron chi connectivity index (χ2n) is 7.41. The van der Waals surface area contributed by atoms with Crippen LogP contribution in [0.25, 0.3) is 0 Å². The Kier molecular flexibility index (Phi) is 4.93. The number of rotatable bonds is 3. The first-order valence-electron chi connectivity index (χ1n) is 9.57. The van der Waals surface area contributed by atoms with Crippen LogP contribution in [0.4, 0.5) is 5.00 Å². The molecular formula is C21H23N3O3S. The topological polar surface area (TPSA) is 92.5 Å². The minimum absolute atomic E-state index is 0.000630. The highest BCUT2D eigenvalue weighted by molar-refractivity contribution is 7.17. The van der Waals surface area contributed by atoms with Crippen molar-refractivity contribution < 1.29 is 14.4 Å². The van der Waals surface area contributed by atoms with E-state index in [2.05, 4.69) is 5.32 Å². The normalized spacial score (nSPS) is 15.5. The number of nitrogens with one attached hydrogen (secondary N) is 1. The van der Waals surface area contributed by atoms with Gasteiger partial charge in [-0.25, -0.2) is 0 Å². The van der Waals surface area contributed by atoms with Gasteiger partial charge >= 0.3 is 0 Å². The second kappa shape index (κ2) is 7.39. The first-order chi connectivity index (χ1) is 13.4. The summed E-state index contributed by atoms with van der Waals surface area (Å²) in [7, 11) is 0. The number of carbonyl (C=O) groups is 3. The Morgan fingerprint density at radius 1 is 1.11 bits per heavy atom. The van der Waals surface area contributed by atoms with E-state index in [1.54, 1.807) is 4.90 Å².